The summed E-state index contributed by atoms with van der Waals surface area (Å²) in [5.41, 5.74) is 6.85. The fourth-order valence-corrected chi connectivity index (χ4v) is 1.14. The third-order valence-corrected chi connectivity index (χ3v) is 1.88. The normalized spacial score (nSPS) is 10.4. The fraction of sp³-hybridized carbons (Fsp3) is 0. The van der Waals surface area contributed by atoms with E-state index < -0.39 is 0 Å². The molecule has 2 rings (SSSR count). The van der Waals surface area contributed by atoms with Gasteiger partial charge in [-0.1, -0.05) is 0 Å². The molecule has 0 fully saturated rings. The highest BCUT2D eigenvalue weighted by Gasteiger charge is 2.05. The smallest absolute Gasteiger partial charge is 0.235 e. The second-order valence-electron chi connectivity index (χ2n) is 2.13. The molecule has 2 heterocycles. The molecule has 2 aromatic heterocycles. The van der Waals surface area contributed by atoms with Crippen LogP contribution in [0.3, 0.4) is 0 Å². The number of rotatable bonds is 1. The van der Waals surface area contributed by atoms with E-state index in [-0.39, 0.29) is 0 Å². The van der Waals surface area contributed by atoms with Crippen LogP contribution in [-0.2, 0) is 0 Å². The van der Waals surface area contributed by atoms with E-state index in [1.54, 1.807) is 0 Å². The van der Waals surface area contributed by atoms with Gasteiger partial charge in [-0.05, 0) is 0 Å². The molecule has 0 atom stereocenters. The molecule has 4 N–H and O–H groups in total. The zero-order valence-electron chi connectivity index (χ0n) is 5.87. The Balaban J connectivity index is 2.75. The summed E-state index contributed by atoms with van der Waals surface area (Å²) in [6.07, 6.45) is 1.53. The van der Waals surface area contributed by atoms with Crippen LogP contribution in [-0.4, -0.2) is 19.9 Å². The van der Waals surface area contributed by atoms with Crippen molar-refractivity contribution in [1.82, 2.24) is 19.9 Å². The van der Waals surface area contributed by atoms with Crippen LogP contribution in [0.2, 0.25) is 0 Å². The first-order valence-electron chi connectivity index (χ1n) is 3.14. The summed E-state index contributed by atoms with van der Waals surface area (Å²) in [4.78, 5) is 14.8. The van der Waals surface area contributed by atoms with Gasteiger partial charge in [0, 0.05) is 0 Å². The van der Waals surface area contributed by atoms with Gasteiger partial charge in [-0.25, -0.2) is 4.98 Å². The van der Waals surface area contributed by atoms with E-state index in [4.69, 9.17) is 5.73 Å². The monoisotopic (exact) mass is 276 g/mol. The van der Waals surface area contributed by atoms with E-state index in [0.29, 0.717) is 22.9 Å². The quantitative estimate of drug-likeness (QED) is 0.526. The number of nitrogens with two attached hydrogens (primary N) is 1. The molecule has 0 saturated heterocycles. The van der Waals surface area contributed by atoms with E-state index >= 15 is 0 Å². The molecule has 0 aromatic carbocycles. The van der Waals surface area contributed by atoms with Gasteiger partial charge >= 0.3 is 0 Å². The minimum absolute atomic E-state index is 0.400. The average molecular weight is 276 g/mol. The lowest BCUT2D eigenvalue weighted by Gasteiger charge is -1.97. The van der Waals surface area contributed by atoms with Crippen LogP contribution >= 0.6 is 22.9 Å². The number of nitrogens with one attached hydrogen (secondary N) is 2. The van der Waals surface area contributed by atoms with Gasteiger partial charge in [0.15, 0.2) is 11.5 Å². The number of anilines is 2. The first-order valence-corrected chi connectivity index (χ1v) is 4.22. The maximum Gasteiger partial charge on any atom is 0.235 e. The standard InChI is InChI=1S/C5H5IN6/c6-12-5-10-3(7)2-4(11-5)9-1-8-2/h1H,(H4,7,8,9,10,11,12). The largest absolute Gasteiger partial charge is 0.382 e. The topological polar surface area (TPSA) is 92.5 Å². The molecule has 62 valence electrons. The summed E-state index contributed by atoms with van der Waals surface area (Å²) in [7, 11) is 0. The van der Waals surface area contributed by atoms with Crippen LogP contribution < -0.4 is 9.26 Å². The van der Waals surface area contributed by atoms with Gasteiger partial charge in [0.05, 0.1) is 29.2 Å². The number of halogens is 1. The number of nitrogens with zero attached hydrogens (tertiary/aromatic N) is 3. The first kappa shape index (κ1) is 7.53. The predicted octanol–water partition coefficient (Wildman–Crippen LogP) is 0.697. The van der Waals surface area contributed by atoms with Gasteiger partial charge in [0.2, 0.25) is 5.95 Å². The average Bonchev–Trinajstić information content (AvgIpc) is 2.52. The van der Waals surface area contributed by atoms with Crippen molar-refractivity contribution >= 4 is 45.8 Å². The van der Waals surface area contributed by atoms with Gasteiger partial charge in [-0.3, -0.25) is 3.53 Å². The summed E-state index contributed by atoms with van der Waals surface area (Å²) in [5.74, 6) is 0.865. The summed E-state index contributed by atoms with van der Waals surface area (Å²) in [5, 5.41) is 0. The molecule has 12 heavy (non-hydrogen) atoms. The van der Waals surface area contributed by atoms with Crippen LogP contribution in [0.1, 0.15) is 0 Å². The van der Waals surface area contributed by atoms with E-state index in [1.807, 2.05) is 22.9 Å². The number of imidazole rings is 1. The lowest BCUT2D eigenvalue weighted by molar-refractivity contribution is 1.23. The Labute approximate surface area is 81.5 Å². The van der Waals surface area contributed by atoms with Gasteiger partial charge in [-0.15, -0.1) is 0 Å². The van der Waals surface area contributed by atoms with Crippen molar-refractivity contribution < 1.29 is 0 Å². The maximum absolute atomic E-state index is 5.61. The molecule has 0 saturated carbocycles. The molecule has 0 radical (unpaired) electrons. The van der Waals surface area contributed by atoms with Gasteiger partial charge < -0.3 is 10.7 Å². The number of nitrogen functional groups attached to an aromatic ring is 1. The van der Waals surface area contributed by atoms with Crippen molar-refractivity contribution in [3.63, 3.8) is 0 Å². The molecule has 0 aliphatic carbocycles. The Morgan fingerprint density at radius 2 is 2.33 bits per heavy atom. The van der Waals surface area contributed by atoms with Crippen LogP contribution in [0.5, 0.6) is 0 Å². The number of aromatic amines is 1. The van der Waals surface area contributed by atoms with Crippen LogP contribution in [0.25, 0.3) is 11.2 Å². The second kappa shape index (κ2) is 2.73. The molecule has 6 nitrogen and oxygen atoms in total. The number of aromatic nitrogens is 4. The molecule has 0 unspecified atom stereocenters. The van der Waals surface area contributed by atoms with Crippen LogP contribution in [0, 0.1) is 0 Å². The van der Waals surface area contributed by atoms with Crippen molar-refractivity contribution in [3.8, 4) is 0 Å². The maximum atomic E-state index is 5.61. The number of hydrogen-bond donors (Lipinski definition) is 3. The third kappa shape index (κ3) is 1.05. The zero-order chi connectivity index (χ0) is 8.55. The van der Waals surface area contributed by atoms with Crippen LogP contribution in [0.15, 0.2) is 6.33 Å². The number of H-pyrrole nitrogens is 1. The van der Waals surface area contributed by atoms with Crippen molar-refractivity contribution in [2.24, 2.45) is 0 Å². The highest BCUT2D eigenvalue weighted by Crippen LogP contribution is 2.15. The molecule has 7 heteroatoms. The Morgan fingerprint density at radius 3 is 3.08 bits per heavy atom. The minimum Gasteiger partial charge on any atom is -0.382 e. The SMILES string of the molecule is Nc1nc(NI)nc2nc[nH]c12. The zero-order valence-corrected chi connectivity index (χ0v) is 8.03. The fourth-order valence-electron chi connectivity index (χ4n) is 0.898. The molecular formula is C5H5IN6. The highest BCUT2D eigenvalue weighted by molar-refractivity contribution is 14.1. The van der Waals surface area contributed by atoms with E-state index in [9.17, 15) is 0 Å². The van der Waals surface area contributed by atoms with Crippen molar-refractivity contribution in [1.29, 1.82) is 0 Å². The summed E-state index contributed by atoms with van der Waals surface area (Å²) >= 11 is 1.93. The van der Waals surface area contributed by atoms with Gasteiger partial charge in [0.25, 0.3) is 0 Å². The molecule has 0 amide bonds. The third-order valence-electron chi connectivity index (χ3n) is 1.40. The lowest BCUT2D eigenvalue weighted by Crippen LogP contribution is -1.97. The molecule has 0 spiro atoms. The Kier molecular flexibility index (Phi) is 1.71. The van der Waals surface area contributed by atoms with E-state index in [2.05, 4.69) is 23.5 Å². The molecule has 0 bridgehead atoms. The van der Waals surface area contributed by atoms with Gasteiger partial charge in [0.1, 0.15) is 5.52 Å². The van der Waals surface area contributed by atoms with Crippen molar-refractivity contribution in [2.45, 2.75) is 0 Å². The predicted molar refractivity (Wildman–Crippen MR) is 53.7 cm³/mol. The number of hydrogen-bond acceptors (Lipinski definition) is 5. The van der Waals surface area contributed by atoms with E-state index in [0.717, 1.165) is 0 Å². The minimum atomic E-state index is 0.400. The Morgan fingerprint density at radius 1 is 1.50 bits per heavy atom. The summed E-state index contributed by atoms with van der Waals surface area (Å²) in [6.45, 7) is 0. The molecular weight excluding hydrogens is 271 g/mol. The van der Waals surface area contributed by atoms with Crippen LogP contribution in [0.4, 0.5) is 11.8 Å². The summed E-state index contributed by atoms with van der Waals surface area (Å²) < 4.78 is 2.76. The van der Waals surface area contributed by atoms with Crippen molar-refractivity contribution in [3.05, 3.63) is 6.33 Å². The lowest BCUT2D eigenvalue weighted by atomic mass is 10.5. The van der Waals surface area contributed by atoms with E-state index in [1.165, 1.54) is 6.33 Å². The first-order chi connectivity index (χ1) is 5.81. The van der Waals surface area contributed by atoms with Crippen molar-refractivity contribution in [2.75, 3.05) is 9.26 Å². The Bertz CT molecular complexity index is 409. The Hall–Kier alpha value is -1.12. The molecule has 2 aromatic rings. The number of fused-ring (bicyclic) bond motifs is 1. The summed E-state index contributed by atoms with van der Waals surface area (Å²) in [6, 6.07) is 0. The van der Waals surface area contributed by atoms with Gasteiger partial charge in [-0.2, -0.15) is 9.97 Å². The molecule has 0 aliphatic heterocycles. The highest BCUT2D eigenvalue weighted by atomic mass is 127. The molecule has 0 aliphatic rings. The second-order valence-corrected chi connectivity index (χ2v) is 2.67.